The van der Waals surface area contributed by atoms with Gasteiger partial charge in [-0.05, 0) is 12.5 Å². The van der Waals surface area contributed by atoms with Gasteiger partial charge in [0.15, 0.2) is 0 Å². The van der Waals surface area contributed by atoms with Crippen LogP contribution >= 0.6 is 0 Å². The SMILES string of the molecule is COc1c(C)cccc1COC(=O)O. The molecular weight excluding hydrogens is 184 g/mol. The molecule has 0 aliphatic heterocycles. The van der Waals surface area contributed by atoms with E-state index in [0.29, 0.717) is 5.75 Å². The summed E-state index contributed by atoms with van der Waals surface area (Å²) in [5.74, 6) is 0.675. The summed E-state index contributed by atoms with van der Waals surface area (Å²) in [7, 11) is 1.55. The molecular formula is C10H12O4. The maximum Gasteiger partial charge on any atom is 0.506 e. The number of aryl methyl sites for hydroxylation is 1. The summed E-state index contributed by atoms with van der Waals surface area (Å²) >= 11 is 0. The minimum Gasteiger partial charge on any atom is -0.496 e. The van der Waals surface area contributed by atoms with Crippen molar-refractivity contribution in [3.63, 3.8) is 0 Å². The average Bonchev–Trinajstić information content (AvgIpc) is 2.14. The van der Waals surface area contributed by atoms with E-state index in [-0.39, 0.29) is 6.61 Å². The molecule has 1 aromatic carbocycles. The Hall–Kier alpha value is -1.71. The number of benzene rings is 1. The first-order valence-corrected chi connectivity index (χ1v) is 4.13. The van der Waals surface area contributed by atoms with Gasteiger partial charge in [-0.25, -0.2) is 4.79 Å². The Kier molecular flexibility index (Phi) is 3.34. The number of para-hydroxylation sites is 1. The van der Waals surface area contributed by atoms with Gasteiger partial charge in [-0.15, -0.1) is 0 Å². The fourth-order valence-electron chi connectivity index (χ4n) is 1.26. The van der Waals surface area contributed by atoms with Crippen LogP contribution in [0.15, 0.2) is 18.2 Å². The highest BCUT2D eigenvalue weighted by molar-refractivity contribution is 5.57. The number of carboxylic acid groups (broad SMARTS) is 1. The molecule has 0 aromatic heterocycles. The normalized spacial score (nSPS) is 9.57. The molecule has 4 nitrogen and oxygen atoms in total. The van der Waals surface area contributed by atoms with Gasteiger partial charge in [0, 0.05) is 5.56 Å². The van der Waals surface area contributed by atoms with Crippen molar-refractivity contribution >= 4 is 6.16 Å². The molecule has 4 heteroatoms. The van der Waals surface area contributed by atoms with Crippen LogP contribution in [0.4, 0.5) is 4.79 Å². The molecule has 0 saturated heterocycles. The quantitative estimate of drug-likeness (QED) is 0.753. The van der Waals surface area contributed by atoms with Crippen molar-refractivity contribution in [2.75, 3.05) is 7.11 Å². The van der Waals surface area contributed by atoms with Gasteiger partial charge >= 0.3 is 6.16 Å². The summed E-state index contributed by atoms with van der Waals surface area (Å²) in [6.45, 7) is 1.91. The molecule has 0 aliphatic carbocycles. The lowest BCUT2D eigenvalue weighted by molar-refractivity contribution is 0.0847. The zero-order valence-corrected chi connectivity index (χ0v) is 8.11. The van der Waals surface area contributed by atoms with Crippen LogP contribution in [0.2, 0.25) is 0 Å². The van der Waals surface area contributed by atoms with Crippen LogP contribution in [0.5, 0.6) is 5.75 Å². The second-order valence-electron chi connectivity index (χ2n) is 2.82. The third kappa shape index (κ3) is 2.39. The number of ether oxygens (including phenoxy) is 2. The van der Waals surface area contributed by atoms with Crippen LogP contribution in [-0.2, 0) is 11.3 Å². The zero-order valence-electron chi connectivity index (χ0n) is 8.11. The van der Waals surface area contributed by atoms with Gasteiger partial charge in [-0.2, -0.15) is 0 Å². The topological polar surface area (TPSA) is 55.8 Å². The summed E-state index contributed by atoms with van der Waals surface area (Å²) in [4.78, 5) is 10.2. The standard InChI is InChI=1S/C10H12O4/c1-7-4-3-5-8(9(7)13-2)6-14-10(11)12/h3-5H,6H2,1-2H3,(H,11,12). The van der Waals surface area contributed by atoms with E-state index in [0.717, 1.165) is 11.1 Å². The lowest BCUT2D eigenvalue weighted by Crippen LogP contribution is -2.02. The second-order valence-corrected chi connectivity index (χ2v) is 2.82. The van der Waals surface area contributed by atoms with E-state index >= 15 is 0 Å². The lowest BCUT2D eigenvalue weighted by Gasteiger charge is -2.10. The van der Waals surface area contributed by atoms with Gasteiger partial charge in [-0.3, -0.25) is 0 Å². The molecule has 1 aromatic rings. The van der Waals surface area contributed by atoms with Gasteiger partial charge in [-0.1, -0.05) is 18.2 Å². The third-order valence-corrected chi connectivity index (χ3v) is 1.85. The van der Waals surface area contributed by atoms with E-state index in [2.05, 4.69) is 4.74 Å². The van der Waals surface area contributed by atoms with E-state index in [1.54, 1.807) is 13.2 Å². The van der Waals surface area contributed by atoms with Crippen molar-refractivity contribution in [2.24, 2.45) is 0 Å². The monoisotopic (exact) mass is 196 g/mol. The Bertz CT molecular complexity index is 333. The molecule has 0 heterocycles. The molecule has 0 radical (unpaired) electrons. The molecule has 0 fully saturated rings. The molecule has 0 saturated carbocycles. The van der Waals surface area contributed by atoms with Crippen molar-refractivity contribution in [1.29, 1.82) is 0 Å². The summed E-state index contributed by atoms with van der Waals surface area (Å²) in [6.07, 6.45) is -1.28. The van der Waals surface area contributed by atoms with E-state index < -0.39 is 6.16 Å². The zero-order chi connectivity index (χ0) is 10.6. The van der Waals surface area contributed by atoms with Gasteiger partial charge in [0.25, 0.3) is 0 Å². The Balaban J connectivity index is 2.85. The Morgan fingerprint density at radius 1 is 1.50 bits per heavy atom. The molecule has 1 rings (SSSR count). The van der Waals surface area contributed by atoms with Gasteiger partial charge in [0.2, 0.25) is 0 Å². The highest BCUT2D eigenvalue weighted by Gasteiger charge is 2.07. The molecule has 0 atom stereocenters. The maximum atomic E-state index is 10.2. The number of hydrogen-bond donors (Lipinski definition) is 1. The van der Waals surface area contributed by atoms with Crippen LogP contribution in [0.25, 0.3) is 0 Å². The fraction of sp³-hybridized carbons (Fsp3) is 0.300. The minimum absolute atomic E-state index is 0.0141. The Labute approximate surface area is 82.1 Å². The molecule has 1 N–H and O–H groups in total. The fourth-order valence-corrected chi connectivity index (χ4v) is 1.26. The first-order valence-electron chi connectivity index (χ1n) is 4.13. The molecule has 0 bridgehead atoms. The summed E-state index contributed by atoms with van der Waals surface area (Å²) in [5, 5.41) is 8.34. The molecule has 76 valence electrons. The van der Waals surface area contributed by atoms with Gasteiger partial charge < -0.3 is 14.6 Å². The number of rotatable bonds is 3. The largest absolute Gasteiger partial charge is 0.506 e. The van der Waals surface area contributed by atoms with Crippen molar-refractivity contribution < 1.29 is 19.4 Å². The summed E-state index contributed by atoms with van der Waals surface area (Å²) < 4.78 is 9.60. The first kappa shape index (κ1) is 10.4. The Morgan fingerprint density at radius 3 is 2.79 bits per heavy atom. The van der Waals surface area contributed by atoms with E-state index in [1.807, 2.05) is 19.1 Å². The summed E-state index contributed by atoms with van der Waals surface area (Å²) in [5.41, 5.74) is 1.69. The van der Waals surface area contributed by atoms with Crippen LogP contribution in [0, 0.1) is 6.92 Å². The van der Waals surface area contributed by atoms with Gasteiger partial charge in [0.1, 0.15) is 12.4 Å². The predicted molar refractivity (Wildman–Crippen MR) is 50.5 cm³/mol. The second kappa shape index (κ2) is 4.50. The smallest absolute Gasteiger partial charge is 0.496 e. The maximum absolute atomic E-state index is 10.2. The number of methoxy groups -OCH3 is 1. The minimum atomic E-state index is -1.28. The molecule has 0 aliphatic rings. The van der Waals surface area contributed by atoms with E-state index in [1.165, 1.54) is 0 Å². The van der Waals surface area contributed by atoms with Crippen molar-refractivity contribution in [3.8, 4) is 5.75 Å². The molecule has 14 heavy (non-hydrogen) atoms. The average molecular weight is 196 g/mol. The predicted octanol–water partition coefficient (Wildman–Crippen LogP) is 2.20. The molecule has 0 spiro atoms. The number of hydrogen-bond acceptors (Lipinski definition) is 3. The van der Waals surface area contributed by atoms with Crippen LogP contribution in [0.1, 0.15) is 11.1 Å². The van der Waals surface area contributed by atoms with Crippen LogP contribution < -0.4 is 4.74 Å². The van der Waals surface area contributed by atoms with Crippen molar-refractivity contribution in [1.82, 2.24) is 0 Å². The van der Waals surface area contributed by atoms with Crippen molar-refractivity contribution in [2.45, 2.75) is 13.5 Å². The van der Waals surface area contributed by atoms with E-state index in [9.17, 15) is 4.79 Å². The van der Waals surface area contributed by atoms with Gasteiger partial charge in [0.05, 0.1) is 7.11 Å². The molecule has 0 unspecified atom stereocenters. The highest BCUT2D eigenvalue weighted by atomic mass is 16.7. The summed E-state index contributed by atoms with van der Waals surface area (Å²) in [6, 6.07) is 5.50. The van der Waals surface area contributed by atoms with Crippen LogP contribution in [-0.4, -0.2) is 18.4 Å². The first-order chi connectivity index (χ1) is 6.65. The van der Waals surface area contributed by atoms with Crippen molar-refractivity contribution in [3.05, 3.63) is 29.3 Å². The lowest BCUT2D eigenvalue weighted by atomic mass is 10.1. The Morgan fingerprint density at radius 2 is 2.21 bits per heavy atom. The third-order valence-electron chi connectivity index (χ3n) is 1.85. The number of carbonyl (C=O) groups is 1. The molecule has 0 amide bonds. The highest BCUT2D eigenvalue weighted by Crippen LogP contribution is 2.23. The van der Waals surface area contributed by atoms with Crippen LogP contribution in [0.3, 0.4) is 0 Å². The van der Waals surface area contributed by atoms with E-state index in [4.69, 9.17) is 9.84 Å².